The highest BCUT2D eigenvalue weighted by atomic mass is 16.6. The van der Waals surface area contributed by atoms with Crippen LogP contribution in [0.5, 0.6) is 0 Å². The minimum atomic E-state index is 0.158. The van der Waals surface area contributed by atoms with E-state index in [1.54, 1.807) is 5.57 Å². The van der Waals surface area contributed by atoms with Crippen molar-refractivity contribution < 1.29 is 9.53 Å². The molecule has 5 unspecified atom stereocenters. The Morgan fingerprint density at radius 2 is 1.86 bits per heavy atom. The smallest absolute Gasteiger partial charge is 0.156 e. The number of nitrogens with zero attached hydrogens (tertiary/aromatic N) is 1. The van der Waals surface area contributed by atoms with Crippen LogP contribution >= 0.6 is 0 Å². The first-order valence-corrected chi connectivity index (χ1v) is 11.0. The van der Waals surface area contributed by atoms with E-state index < -0.39 is 0 Å². The Morgan fingerprint density at radius 1 is 1.04 bits per heavy atom. The van der Waals surface area contributed by atoms with Gasteiger partial charge in [0.1, 0.15) is 0 Å². The van der Waals surface area contributed by atoms with E-state index in [9.17, 15) is 4.79 Å². The number of ether oxygens (including phenoxy) is 1. The van der Waals surface area contributed by atoms with Crippen LogP contribution in [0.3, 0.4) is 0 Å². The molecule has 1 aliphatic heterocycles. The number of rotatable bonds is 2. The molecule has 0 amide bonds. The minimum Gasteiger partial charge on any atom is -0.378 e. The van der Waals surface area contributed by atoms with Gasteiger partial charge in [0.2, 0.25) is 0 Å². The molecule has 0 radical (unpaired) electrons. The molecule has 0 bridgehead atoms. The maximum absolute atomic E-state index is 12.0. The Kier molecular flexibility index (Phi) is 3.54. The van der Waals surface area contributed by atoms with Crippen LogP contribution in [-0.4, -0.2) is 31.6 Å². The molecule has 28 heavy (non-hydrogen) atoms. The number of hydrogen-bond acceptors (Lipinski definition) is 3. The van der Waals surface area contributed by atoms with Gasteiger partial charge in [0.25, 0.3) is 0 Å². The maximum atomic E-state index is 12.0. The van der Waals surface area contributed by atoms with E-state index in [4.69, 9.17) is 4.74 Å². The number of carbonyl (C=O) groups is 1. The third-order valence-electron chi connectivity index (χ3n) is 8.23. The highest BCUT2D eigenvalue weighted by Crippen LogP contribution is 2.68. The summed E-state index contributed by atoms with van der Waals surface area (Å²) < 4.78 is 6.36. The quantitative estimate of drug-likeness (QED) is 0.697. The van der Waals surface area contributed by atoms with E-state index in [2.05, 4.69) is 43.3 Å². The third-order valence-corrected chi connectivity index (χ3v) is 8.23. The molecule has 2 saturated carbocycles. The molecule has 5 aliphatic rings. The zero-order chi connectivity index (χ0) is 19.0. The Bertz CT molecular complexity index is 909. The molecule has 0 N–H and O–H groups in total. The summed E-state index contributed by atoms with van der Waals surface area (Å²) in [6.45, 7) is 0. The maximum Gasteiger partial charge on any atom is 0.156 e. The van der Waals surface area contributed by atoms with Crippen LogP contribution in [0.4, 0.5) is 5.69 Å². The van der Waals surface area contributed by atoms with E-state index in [1.165, 1.54) is 41.7 Å². The molecule has 6 rings (SSSR count). The number of allylic oxidation sites excluding steroid dienone is 4. The largest absolute Gasteiger partial charge is 0.378 e. The number of ketones is 1. The van der Waals surface area contributed by atoms with Gasteiger partial charge in [-0.3, -0.25) is 4.79 Å². The second-order valence-electron chi connectivity index (χ2n) is 9.70. The van der Waals surface area contributed by atoms with Crippen LogP contribution in [0, 0.1) is 11.8 Å². The van der Waals surface area contributed by atoms with Crippen LogP contribution in [-0.2, 0) is 9.53 Å². The molecule has 3 nitrogen and oxygen atoms in total. The van der Waals surface area contributed by atoms with Crippen molar-refractivity contribution in [2.45, 2.75) is 62.6 Å². The molecule has 3 heteroatoms. The SMILES string of the molecule is CN(C)c1ccc(C2CC34OC3CCC4C3CCC4=CC(=O)CCC4=C23)cc1. The van der Waals surface area contributed by atoms with Crippen LogP contribution in [0.15, 0.2) is 47.1 Å². The van der Waals surface area contributed by atoms with Gasteiger partial charge in [-0.05, 0) is 85.3 Å². The first kappa shape index (κ1) is 17.0. The number of anilines is 1. The summed E-state index contributed by atoms with van der Waals surface area (Å²) in [5.41, 5.74) is 7.40. The first-order valence-electron chi connectivity index (χ1n) is 11.0. The van der Waals surface area contributed by atoms with Crippen molar-refractivity contribution in [1.29, 1.82) is 0 Å². The van der Waals surface area contributed by atoms with E-state index in [0.717, 1.165) is 19.3 Å². The number of fused-ring (bicyclic) bond motifs is 3. The van der Waals surface area contributed by atoms with Crippen molar-refractivity contribution >= 4 is 11.5 Å². The lowest BCUT2D eigenvalue weighted by Crippen LogP contribution is -2.41. The van der Waals surface area contributed by atoms with Crippen LogP contribution in [0.1, 0.15) is 56.4 Å². The lowest BCUT2D eigenvalue weighted by molar-refractivity contribution is -0.114. The van der Waals surface area contributed by atoms with Crippen molar-refractivity contribution in [2.75, 3.05) is 19.0 Å². The molecule has 146 valence electrons. The standard InChI is InChI=1S/C25H29NO2/c1-26(2)17-6-3-15(4-7-17)21-14-25-22(11-12-23(25)28-25)20-9-5-16-13-18(27)8-10-19(16)24(20)21/h3-4,6-7,13,20-23H,5,8-12,14H2,1-2H3. The lowest BCUT2D eigenvalue weighted by atomic mass is 9.58. The first-order chi connectivity index (χ1) is 13.6. The Labute approximate surface area is 167 Å². The molecule has 4 aliphatic carbocycles. The van der Waals surface area contributed by atoms with Gasteiger partial charge in [-0.1, -0.05) is 17.7 Å². The molecule has 1 heterocycles. The van der Waals surface area contributed by atoms with Gasteiger partial charge in [0, 0.05) is 32.1 Å². The molecule has 1 aromatic carbocycles. The van der Waals surface area contributed by atoms with Gasteiger partial charge in [0.05, 0.1) is 11.7 Å². The van der Waals surface area contributed by atoms with Gasteiger partial charge >= 0.3 is 0 Å². The van der Waals surface area contributed by atoms with E-state index >= 15 is 0 Å². The van der Waals surface area contributed by atoms with Gasteiger partial charge in [-0.15, -0.1) is 0 Å². The Hall–Kier alpha value is -1.87. The summed E-state index contributed by atoms with van der Waals surface area (Å²) in [5, 5.41) is 0. The minimum absolute atomic E-state index is 0.158. The molecule has 0 aromatic heterocycles. The lowest BCUT2D eigenvalue weighted by Gasteiger charge is -2.46. The van der Waals surface area contributed by atoms with Crippen molar-refractivity contribution in [2.24, 2.45) is 11.8 Å². The van der Waals surface area contributed by atoms with E-state index in [1.807, 2.05) is 6.08 Å². The van der Waals surface area contributed by atoms with Gasteiger partial charge in [-0.2, -0.15) is 0 Å². The van der Waals surface area contributed by atoms with E-state index in [-0.39, 0.29) is 5.60 Å². The summed E-state index contributed by atoms with van der Waals surface area (Å²) in [6, 6.07) is 9.17. The number of hydrogen-bond donors (Lipinski definition) is 0. The molecule has 1 saturated heterocycles. The molecule has 5 atom stereocenters. The normalized spacial score (nSPS) is 38.2. The molecule has 3 fully saturated rings. The topological polar surface area (TPSA) is 32.8 Å². The van der Waals surface area contributed by atoms with E-state index in [0.29, 0.717) is 36.1 Å². The van der Waals surface area contributed by atoms with Gasteiger partial charge < -0.3 is 9.64 Å². The third kappa shape index (κ3) is 2.29. The predicted molar refractivity (Wildman–Crippen MR) is 111 cm³/mol. The second-order valence-corrected chi connectivity index (χ2v) is 9.70. The fourth-order valence-electron chi connectivity index (χ4n) is 6.93. The van der Waals surface area contributed by atoms with Crippen LogP contribution < -0.4 is 4.90 Å². The summed E-state index contributed by atoms with van der Waals surface area (Å²) in [4.78, 5) is 14.2. The average Bonchev–Trinajstić information content (AvgIpc) is 3.27. The number of epoxide rings is 1. The molecule has 1 spiro atoms. The van der Waals surface area contributed by atoms with Crippen molar-refractivity contribution in [3.8, 4) is 0 Å². The summed E-state index contributed by atoms with van der Waals surface area (Å²) in [5.74, 6) is 2.13. The van der Waals surface area contributed by atoms with Crippen LogP contribution in [0.25, 0.3) is 0 Å². The molecule has 1 aromatic rings. The predicted octanol–water partition coefficient (Wildman–Crippen LogP) is 4.78. The fraction of sp³-hybridized carbons (Fsp3) is 0.560. The highest BCUT2D eigenvalue weighted by Gasteiger charge is 2.70. The van der Waals surface area contributed by atoms with Crippen molar-refractivity contribution in [1.82, 2.24) is 0 Å². The fourth-order valence-corrected chi connectivity index (χ4v) is 6.93. The molecular weight excluding hydrogens is 346 g/mol. The van der Waals surface area contributed by atoms with Gasteiger partial charge in [-0.25, -0.2) is 0 Å². The summed E-state index contributed by atoms with van der Waals surface area (Å²) in [7, 11) is 4.19. The van der Waals surface area contributed by atoms with Crippen molar-refractivity contribution in [3.63, 3.8) is 0 Å². The Morgan fingerprint density at radius 3 is 2.61 bits per heavy atom. The zero-order valence-corrected chi connectivity index (χ0v) is 16.9. The number of carbonyl (C=O) groups excluding carboxylic acids is 1. The Balaban J connectivity index is 1.48. The highest BCUT2D eigenvalue weighted by molar-refractivity contribution is 5.93. The second kappa shape index (κ2) is 5.82. The van der Waals surface area contributed by atoms with Crippen LogP contribution in [0.2, 0.25) is 0 Å². The summed E-state index contributed by atoms with van der Waals surface area (Å²) >= 11 is 0. The zero-order valence-electron chi connectivity index (χ0n) is 16.9. The summed E-state index contributed by atoms with van der Waals surface area (Å²) in [6.07, 6.45) is 10.1. The monoisotopic (exact) mass is 375 g/mol. The van der Waals surface area contributed by atoms with Crippen molar-refractivity contribution in [3.05, 3.63) is 52.6 Å². The number of benzene rings is 1. The molecular formula is C25H29NO2. The average molecular weight is 376 g/mol. The van der Waals surface area contributed by atoms with Gasteiger partial charge in [0.15, 0.2) is 5.78 Å².